The molecule has 0 saturated carbocycles. The maximum Gasteiger partial charge on any atom is 0.191 e. The number of hydrogen-bond acceptors (Lipinski definition) is 5. The average Bonchev–Trinajstić information content (AvgIpc) is 3.27. The lowest BCUT2D eigenvalue weighted by molar-refractivity contribution is 0.0341. The van der Waals surface area contributed by atoms with Crippen LogP contribution in [0.1, 0.15) is 30.9 Å². The van der Waals surface area contributed by atoms with Crippen molar-refractivity contribution in [3.05, 3.63) is 48.0 Å². The van der Waals surface area contributed by atoms with Gasteiger partial charge in [-0.15, -0.1) is 10.2 Å². The van der Waals surface area contributed by atoms with E-state index in [9.17, 15) is 0 Å². The van der Waals surface area contributed by atoms with E-state index < -0.39 is 0 Å². The molecule has 0 radical (unpaired) electrons. The van der Waals surface area contributed by atoms with Crippen LogP contribution >= 0.6 is 0 Å². The van der Waals surface area contributed by atoms with Crippen molar-refractivity contribution in [2.45, 2.75) is 39.4 Å². The Morgan fingerprint density at radius 1 is 1.07 bits per heavy atom. The van der Waals surface area contributed by atoms with Gasteiger partial charge in [0.15, 0.2) is 5.96 Å². The third kappa shape index (κ3) is 7.47. The van der Waals surface area contributed by atoms with Crippen LogP contribution in [-0.2, 0) is 24.4 Å². The van der Waals surface area contributed by atoms with E-state index in [2.05, 4.69) is 56.9 Å². The number of ether oxygens (including phenoxy) is 1. The average molecular weight is 400 g/mol. The molecular weight excluding hydrogens is 366 g/mol. The van der Waals surface area contributed by atoms with Crippen molar-refractivity contribution < 1.29 is 4.74 Å². The number of aliphatic imine (C=N–C) groups is 1. The molecule has 0 atom stereocenters. The van der Waals surface area contributed by atoms with Crippen LogP contribution in [0.15, 0.2) is 41.9 Å². The highest BCUT2D eigenvalue weighted by Crippen LogP contribution is 2.14. The summed E-state index contributed by atoms with van der Waals surface area (Å²) >= 11 is 0. The molecule has 158 valence electrons. The number of morpholine rings is 1. The minimum Gasteiger partial charge on any atom is -0.379 e. The van der Waals surface area contributed by atoms with Gasteiger partial charge >= 0.3 is 0 Å². The molecule has 2 N–H and O–H groups in total. The molecule has 1 aromatic heterocycles. The first-order valence-electron chi connectivity index (χ1n) is 10.6. The molecule has 3 rings (SSSR count). The summed E-state index contributed by atoms with van der Waals surface area (Å²) < 4.78 is 7.47. The minimum absolute atomic E-state index is 0.677. The van der Waals surface area contributed by atoms with Gasteiger partial charge < -0.3 is 19.9 Å². The van der Waals surface area contributed by atoms with Gasteiger partial charge in [-0.1, -0.05) is 24.3 Å². The summed E-state index contributed by atoms with van der Waals surface area (Å²) in [5.74, 6) is 0.873. The summed E-state index contributed by atoms with van der Waals surface area (Å²) in [6, 6.07) is 8.61. The van der Waals surface area contributed by atoms with Gasteiger partial charge in [-0.25, -0.2) is 4.99 Å². The van der Waals surface area contributed by atoms with E-state index in [-0.39, 0.29) is 0 Å². The van der Waals surface area contributed by atoms with Gasteiger partial charge in [-0.3, -0.25) is 4.90 Å². The van der Waals surface area contributed by atoms with E-state index in [1.165, 1.54) is 11.1 Å². The van der Waals surface area contributed by atoms with Crippen LogP contribution in [0.25, 0.3) is 0 Å². The number of nitrogens with zero attached hydrogens (tertiary/aromatic N) is 5. The number of aryl methyl sites for hydroxylation is 1. The zero-order chi connectivity index (χ0) is 20.2. The Hall–Kier alpha value is -2.45. The van der Waals surface area contributed by atoms with Gasteiger partial charge in [-0.05, 0) is 30.9 Å². The van der Waals surface area contributed by atoms with Gasteiger partial charge in [-0.2, -0.15) is 0 Å². The molecule has 0 spiro atoms. The van der Waals surface area contributed by atoms with Gasteiger partial charge in [0, 0.05) is 39.3 Å². The minimum atomic E-state index is 0.677. The maximum atomic E-state index is 5.46. The van der Waals surface area contributed by atoms with Crippen molar-refractivity contribution in [3.8, 4) is 0 Å². The van der Waals surface area contributed by atoms with Crippen molar-refractivity contribution in [1.29, 1.82) is 0 Å². The van der Waals surface area contributed by atoms with E-state index in [0.717, 1.165) is 71.3 Å². The van der Waals surface area contributed by atoms with E-state index in [1.807, 2.05) is 4.57 Å². The molecule has 1 aliphatic heterocycles. The fourth-order valence-electron chi connectivity index (χ4n) is 3.34. The van der Waals surface area contributed by atoms with Crippen molar-refractivity contribution in [2.24, 2.45) is 4.99 Å². The Labute approximate surface area is 173 Å². The molecule has 1 saturated heterocycles. The monoisotopic (exact) mass is 399 g/mol. The second kappa shape index (κ2) is 12.2. The quantitative estimate of drug-likeness (QED) is 0.359. The number of rotatable bonds is 10. The summed E-state index contributed by atoms with van der Waals surface area (Å²) in [6.07, 6.45) is 5.66. The molecule has 1 aromatic carbocycles. The molecule has 8 heteroatoms. The van der Waals surface area contributed by atoms with E-state index in [1.54, 1.807) is 12.7 Å². The van der Waals surface area contributed by atoms with Crippen LogP contribution in [0.2, 0.25) is 0 Å². The standard InChI is InChI=1S/C21H33N7O/c1-2-22-21(23-9-5-6-10-28-17-25-26-18-28)24-15-19-7-3-4-8-20(19)16-27-11-13-29-14-12-27/h3-4,7-8,17-18H,2,5-6,9-16H2,1H3,(H2,22,23,24). The predicted octanol–water partition coefficient (Wildman–Crippen LogP) is 1.65. The highest BCUT2D eigenvalue weighted by Gasteiger charge is 2.12. The smallest absolute Gasteiger partial charge is 0.191 e. The highest BCUT2D eigenvalue weighted by atomic mass is 16.5. The molecular formula is C21H33N7O. The fraction of sp³-hybridized carbons (Fsp3) is 0.571. The molecule has 0 aliphatic carbocycles. The summed E-state index contributed by atoms with van der Waals surface area (Å²) in [5.41, 5.74) is 2.63. The Balaban J connectivity index is 1.48. The Kier molecular flexibility index (Phi) is 8.93. The highest BCUT2D eigenvalue weighted by molar-refractivity contribution is 5.79. The molecule has 8 nitrogen and oxygen atoms in total. The number of benzene rings is 1. The van der Waals surface area contributed by atoms with Gasteiger partial charge in [0.05, 0.1) is 19.8 Å². The largest absolute Gasteiger partial charge is 0.379 e. The Morgan fingerprint density at radius 3 is 2.59 bits per heavy atom. The SMILES string of the molecule is CCNC(=NCc1ccccc1CN1CCOCC1)NCCCCn1cnnc1. The summed E-state index contributed by atoms with van der Waals surface area (Å²) in [5, 5.41) is 14.4. The number of guanidine groups is 1. The molecule has 0 unspecified atom stereocenters. The number of unbranched alkanes of at least 4 members (excludes halogenated alkanes) is 1. The van der Waals surface area contributed by atoms with E-state index >= 15 is 0 Å². The van der Waals surface area contributed by atoms with Crippen molar-refractivity contribution in [2.75, 3.05) is 39.4 Å². The van der Waals surface area contributed by atoms with Crippen LogP contribution in [0.3, 0.4) is 0 Å². The lowest BCUT2D eigenvalue weighted by atomic mass is 10.1. The molecule has 0 amide bonds. The van der Waals surface area contributed by atoms with E-state index in [4.69, 9.17) is 9.73 Å². The zero-order valence-electron chi connectivity index (χ0n) is 17.4. The topological polar surface area (TPSA) is 79.6 Å². The van der Waals surface area contributed by atoms with Crippen molar-refractivity contribution in [1.82, 2.24) is 30.3 Å². The van der Waals surface area contributed by atoms with Crippen LogP contribution in [-0.4, -0.2) is 65.0 Å². The van der Waals surface area contributed by atoms with Gasteiger partial charge in [0.1, 0.15) is 12.7 Å². The Bertz CT molecular complexity index is 726. The number of aromatic nitrogens is 3. The summed E-state index contributed by atoms with van der Waals surface area (Å²) in [7, 11) is 0. The lowest BCUT2D eigenvalue weighted by Crippen LogP contribution is -2.38. The van der Waals surface area contributed by atoms with Crippen molar-refractivity contribution >= 4 is 5.96 Å². The molecule has 29 heavy (non-hydrogen) atoms. The second-order valence-corrected chi connectivity index (χ2v) is 7.19. The molecule has 1 fully saturated rings. The molecule has 2 aromatic rings. The Morgan fingerprint density at radius 2 is 1.83 bits per heavy atom. The first kappa shape index (κ1) is 21.3. The van der Waals surface area contributed by atoms with Gasteiger partial charge in [0.2, 0.25) is 0 Å². The molecule has 2 heterocycles. The zero-order valence-corrected chi connectivity index (χ0v) is 17.4. The first-order valence-corrected chi connectivity index (χ1v) is 10.6. The predicted molar refractivity (Wildman–Crippen MR) is 115 cm³/mol. The van der Waals surface area contributed by atoms with Crippen molar-refractivity contribution in [3.63, 3.8) is 0 Å². The summed E-state index contributed by atoms with van der Waals surface area (Å²) in [4.78, 5) is 7.26. The fourth-order valence-corrected chi connectivity index (χ4v) is 3.34. The summed E-state index contributed by atoms with van der Waals surface area (Å²) in [6.45, 7) is 10.1. The molecule has 1 aliphatic rings. The molecule has 0 bridgehead atoms. The lowest BCUT2D eigenvalue weighted by Gasteiger charge is -2.27. The first-order chi connectivity index (χ1) is 14.3. The normalized spacial score (nSPS) is 15.4. The number of nitrogens with one attached hydrogen (secondary N) is 2. The van der Waals surface area contributed by atoms with Crippen LogP contribution in [0, 0.1) is 0 Å². The van der Waals surface area contributed by atoms with Gasteiger partial charge in [0.25, 0.3) is 0 Å². The van der Waals surface area contributed by atoms with Crippen LogP contribution in [0.4, 0.5) is 0 Å². The van der Waals surface area contributed by atoms with Crippen LogP contribution in [0.5, 0.6) is 0 Å². The van der Waals surface area contributed by atoms with E-state index in [0.29, 0.717) is 6.54 Å². The third-order valence-electron chi connectivity index (χ3n) is 4.97. The third-order valence-corrected chi connectivity index (χ3v) is 4.97. The second-order valence-electron chi connectivity index (χ2n) is 7.19. The maximum absolute atomic E-state index is 5.46. The van der Waals surface area contributed by atoms with Crippen LogP contribution < -0.4 is 10.6 Å². The number of hydrogen-bond donors (Lipinski definition) is 2.